The summed E-state index contributed by atoms with van der Waals surface area (Å²) in [5, 5.41) is 5.44. The fourth-order valence-electron chi connectivity index (χ4n) is 3.10. The molecular weight excluding hydrogens is 382 g/mol. The molecular formula is C19H23N3O5S. The lowest BCUT2D eigenvalue weighted by Crippen LogP contribution is -2.44. The first kappa shape index (κ1) is 20.1. The Labute approximate surface area is 164 Å². The average molecular weight is 405 g/mol. The molecule has 0 aliphatic carbocycles. The van der Waals surface area contributed by atoms with Crippen molar-refractivity contribution in [2.24, 2.45) is 5.92 Å². The number of nitrogens with zero attached hydrogens (tertiary/aromatic N) is 1. The third kappa shape index (κ3) is 4.79. The molecule has 1 aliphatic rings. The number of rotatable bonds is 7. The van der Waals surface area contributed by atoms with Crippen LogP contribution in [0.1, 0.15) is 23.4 Å². The standard InChI is InChI=1S/C19H23N3O5S/c23-18(20-10-11-21-19(24)17-7-4-14-27-17)15-8-12-22(13-9-15)28(25,26)16-5-2-1-3-6-16/h1-7,14-15H,8-13H2,(H,20,23)(H,21,24). The third-order valence-electron chi connectivity index (χ3n) is 4.66. The Bertz CT molecular complexity index is 889. The van der Waals surface area contributed by atoms with Crippen molar-refractivity contribution in [3.8, 4) is 0 Å². The summed E-state index contributed by atoms with van der Waals surface area (Å²) in [5.74, 6) is -0.469. The van der Waals surface area contributed by atoms with Gasteiger partial charge in [0, 0.05) is 32.1 Å². The van der Waals surface area contributed by atoms with Crippen molar-refractivity contribution in [1.29, 1.82) is 0 Å². The van der Waals surface area contributed by atoms with Gasteiger partial charge in [0.25, 0.3) is 5.91 Å². The van der Waals surface area contributed by atoms with Crippen molar-refractivity contribution in [3.63, 3.8) is 0 Å². The molecule has 8 nitrogen and oxygen atoms in total. The van der Waals surface area contributed by atoms with E-state index in [-0.39, 0.29) is 34.9 Å². The van der Waals surface area contributed by atoms with E-state index in [0.717, 1.165) is 0 Å². The van der Waals surface area contributed by atoms with E-state index >= 15 is 0 Å². The van der Waals surface area contributed by atoms with E-state index in [1.807, 2.05) is 0 Å². The second kappa shape index (κ2) is 9.03. The molecule has 1 aliphatic heterocycles. The molecule has 1 fully saturated rings. The van der Waals surface area contributed by atoms with Crippen molar-refractivity contribution in [2.45, 2.75) is 17.7 Å². The van der Waals surface area contributed by atoms with Crippen LogP contribution in [0.25, 0.3) is 0 Å². The van der Waals surface area contributed by atoms with Crippen molar-refractivity contribution < 1.29 is 22.4 Å². The number of furan rings is 1. The highest BCUT2D eigenvalue weighted by Gasteiger charge is 2.31. The number of hydrogen-bond acceptors (Lipinski definition) is 5. The van der Waals surface area contributed by atoms with E-state index in [1.54, 1.807) is 42.5 Å². The fraction of sp³-hybridized carbons (Fsp3) is 0.368. The van der Waals surface area contributed by atoms with Gasteiger partial charge >= 0.3 is 0 Å². The molecule has 0 atom stereocenters. The fourth-order valence-corrected chi connectivity index (χ4v) is 4.59. The molecule has 1 aromatic carbocycles. The molecule has 2 aromatic rings. The predicted molar refractivity (Wildman–Crippen MR) is 102 cm³/mol. The maximum Gasteiger partial charge on any atom is 0.287 e. The van der Waals surface area contributed by atoms with Crippen molar-refractivity contribution >= 4 is 21.8 Å². The monoisotopic (exact) mass is 405 g/mol. The molecule has 0 bridgehead atoms. The molecule has 0 spiro atoms. The van der Waals surface area contributed by atoms with Gasteiger partial charge in [-0.2, -0.15) is 4.31 Å². The summed E-state index contributed by atoms with van der Waals surface area (Å²) in [6.45, 7) is 1.20. The highest BCUT2D eigenvalue weighted by Crippen LogP contribution is 2.23. The lowest BCUT2D eigenvalue weighted by atomic mass is 9.97. The van der Waals surface area contributed by atoms with E-state index in [1.165, 1.54) is 10.6 Å². The molecule has 0 radical (unpaired) electrons. The van der Waals surface area contributed by atoms with Gasteiger partial charge in [0.05, 0.1) is 11.2 Å². The lowest BCUT2D eigenvalue weighted by Gasteiger charge is -2.30. The Morgan fingerprint density at radius 1 is 1.00 bits per heavy atom. The van der Waals surface area contributed by atoms with Crippen LogP contribution in [0.5, 0.6) is 0 Å². The first-order valence-electron chi connectivity index (χ1n) is 9.13. The van der Waals surface area contributed by atoms with Crippen LogP contribution < -0.4 is 10.6 Å². The van der Waals surface area contributed by atoms with E-state index in [0.29, 0.717) is 32.5 Å². The van der Waals surface area contributed by atoms with Crippen LogP contribution in [0, 0.1) is 5.92 Å². The van der Waals surface area contributed by atoms with Gasteiger partial charge in [0.15, 0.2) is 5.76 Å². The Morgan fingerprint density at radius 2 is 1.68 bits per heavy atom. The molecule has 3 rings (SSSR count). The number of benzene rings is 1. The number of sulfonamides is 1. The van der Waals surface area contributed by atoms with Gasteiger partial charge in [-0.25, -0.2) is 8.42 Å². The summed E-state index contributed by atoms with van der Waals surface area (Å²) >= 11 is 0. The normalized spacial score (nSPS) is 15.9. The molecule has 2 amide bonds. The third-order valence-corrected chi connectivity index (χ3v) is 6.57. The summed E-state index contributed by atoms with van der Waals surface area (Å²) in [6, 6.07) is 11.5. The zero-order chi connectivity index (χ0) is 20.0. The van der Waals surface area contributed by atoms with Gasteiger partial charge in [0.1, 0.15) is 0 Å². The summed E-state index contributed by atoms with van der Waals surface area (Å²) in [6.07, 6.45) is 2.36. The van der Waals surface area contributed by atoms with Crippen molar-refractivity contribution in [3.05, 3.63) is 54.5 Å². The quantitative estimate of drug-likeness (QED) is 0.674. The Balaban J connectivity index is 1.41. The second-order valence-corrected chi connectivity index (χ2v) is 8.45. The lowest BCUT2D eigenvalue weighted by molar-refractivity contribution is -0.126. The maximum atomic E-state index is 12.6. The number of piperidine rings is 1. The minimum atomic E-state index is -3.52. The van der Waals surface area contributed by atoms with Crippen LogP contribution >= 0.6 is 0 Å². The number of nitrogens with one attached hydrogen (secondary N) is 2. The molecule has 150 valence electrons. The van der Waals surface area contributed by atoms with Crippen LogP contribution in [-0.4, -0.2) is 50.7 Å². The zero-order valence-electron chi connectivity index (χ0n) is 15.3. The molecule has 1 saturated heterocycles. The molecule has 2 N–H and O–H groups in total. The Morgan fingerprint density at radius 3 is 2.32 bits per heavy atom. The van der Waals surface area contributed by atoms with Crippen LogP contribution in [-0.2, 0) is 14.8 Å². The highest BCUT2D eigenvalue weighted by atomic mass is 32.2. The van der Waals surface area contributed by atoms with Crippen molar-refractivity contribution in [2.75, 3.05) is 26.2 Å². The van der Waals surface area contributed by atoms with E-state index < -0.39 is 10.0 Å². The summed E-state index contributed by atoms with van der Waals surface area (Å²) in [5.41, 5.74) is 0. The topological polar surface area (TPSA) is 109 Å². The van der Waals surface area contributed by atoms with Crippen molar-refractivity contribution in [1.82, 2.24) is 14.9 Å². The van der Waals surface area contributed by atoms with Gasteiger partial charge in [0.2, 0.25) is 15.9 Å². The van der Waals surface area contributed by atoms with Gasteiger partial charge in [-0.3, -0.25) is 9.59 Å². The summed E-state index contributed by atoms with van der Waals surface area (Å²) in [7, 11) is -3.52. The minimum Gasteiger partial charge on any atom is -0.459 e. The summed E-state index contributed by atoms with van der Waals surface area (Å²) in [4.78, 5) is 24.3. The second-order valence-electron chi connectivity index (χ2n) is 6.52. The van der Waals surface area contributed by atoms with Crippen LogP contribution in [0.2, 0.25) is 0 Å². The van der Waals surface area contributed by atoms with E-state index in [4.69, 9.17) is 4.42 Å². The van der Waals surface area contributed by atoms with E-state index in [9.17, 15) is 18.0 Å². The molecule has 0 saturated carbocycles. The zero-order valence-corrected chi connectivity index (χ0v) is 16.2. The average Bonchev–Trinajstić information content (AvgIpc) is 3.26. The Hall–Kier alpha value is -2.65. The van der Waals surface area contributed by atoms with Gasteiger partial charge < -0.3 is 15.1 Å². The highest BCUT2D eigenvalue weighted by molar-refractivity contribution is 7.89. The largest absolute Gasteiger partial charge is 0.459 e. The van der Waals surface area contributed by atoms with Crippen LogP contribution in [0.3, 0.4) is 0 Å². The first-order valence-corrected chi connectivity index (χ1v) is 10.6. The number of amides is 2. The molecule has 2 heterocycles. The van der Waals surface area contributed by atoms with E-state index in [2.05, 4.69) is 10.6 Å². The Kier molecular flexibility index (Phi) is 6.48. The molecule has 0 unspecified atom stereocenters. The maximum absolute atomic E-state index is 12.6. The minimum absolute atomic E-state index is 0.121. The van der Waals surface area contributed by atoms with Crippen LogP contribution in [0.4, 0.5) is 0 Å². The smallest absolute Gasteiger partial charge is 0.287 e. The number of carbonyl (C=O) groups excluding carboxylic acids is 2. The molecule has 1 aromatic heterocycles. The molecule has 9 heteroatoms. The predicted octanol–water partition coefficient (Wildman–Crippen LogP) is 1.23. The van der Waals surface area contributed by atoms with Gasteiger partial charge in [-0.1, -0.05) is 18.2 Å². The SMILES string of the molecule is O=C(NCCNC(=O)C1CCN(S(=O)(=O)c2ccccc2)CC1)c1ccco1. The summed E-state index contributed by atoms with van der Waals surface area (Å²) < 4.78 is 31.6. The van der Waals surface area contributed by atoms with Gasteiger partial charge in [-0.05, 0) is 37.1 Å². The molecule has 28 heavy (non-hydrogen) atoms. The van der Waals surface area contributed by atoms with Crippen LogP contribution in [0.15, 0.2) is 58.0 Å². The van der Waals surface area contributed by atoms with Gasteiger partial charge in [-0.15, -0.1) is 0 Å². The number of carbonyl (C=O) groups is 2. The first-order chi connectivity index (χ1) is 13.5. The number of hydrogen-bond donors (Lipinski definition) is 2.